The highest BCUT2D eigenvalue weighted by Gasteiger charge is 2.16. The summed E-state index contributed by atoms with van der Waals surface area (Å²) in [6.45, 7) is 2.81. The Kier molecular flexibility index (Phi) is 4.50. The van der Waals surface area contributed by atoms with Crippen LogP contribution < -0.4 is 11.1 Å². The van der Waals surface area contributed by atoms with Crippen molar-refractivity contribution in [3.05, 3.63) is 12.0 Å². The molecule has 0 aliphatic rings. The van der Waals surface area contributed by atoms with E-state index in [1.807, 2.05) is 6.92 Å². The zero-order valence-electron chi connectivity index (χ0n) is 9.90. The molecule has 0 bridgehead atoms. The molecule has 1 aromatic heterocycles. The molecule has 7 nitrogen and oxygen atoms in total. The minimum Gasteiger partial charge on any atom is -0.464 e. The lowest BCUT2D eigenvalue weighted by Crippen LogP contribution is -2.24. The van der Waals surface area contributed by atoms with Crippen molar-refractivity contribution in [2.24, 2.45) is 0 Å². The van der Waals surface area contributed by atoms with Crippen LogP contribution in [0.5, 0.6) is 0 Å². The van der Waals surface area contributed by atoms with Gasteiger partial charge in [-0.2, -0.15) is 0 Å². The SMILES string of the molecule is CCNC(=O)CCn1cnc(C(=O)OC)c1N. The van der Waals surface area contributed by atoms with E-state index in [0.29, 0.717) is 13.1 Å². The maximum absolute atomic E-state index is 11.2. The van der Waals surface area contributed by atoms with Gasteiger partial charge in [-0.15, -0.1) is 0 Å². The molecule has 1 heterocycles. The van der Waals surface area contributed by atoms with E-state index < -0.39 is 5.97 Å². The van der Waals surface area contributed by atoms with Crippen molar-refractivity contribution in [2.75, 3.05) is 19.4 Å². The number of ether oxygens (including phenoxy) is 1. The number of nitrogen functional groups attached to an aromatic ring is 1. The molecule has 17 heavy (non-hydrogen) atoms. The van der Waals surface area contributed by atoms with E-state index >= 15 is 0 Å². The number of carbonyl (C=O) groups is 2. The molecule has 0 atom stereocenters. The highest BCUT2D eigenvalue weighted by Crippen LogP contribution is 2.11. The van der Waals surface area contributed by atoms with E-state index in [1.54, 1.807) is 4.57 Å². The van der Waals surface area contributed by atoms with Gasteiger partial charge in [0.05, 0.1) is 13.4 Å². The molecule has 0 saturated heterocycles. The molecule has 1 amide bonds. The number of hydrogen-bond donors (Lipinski definition) is 2. The number of nitrogens with one attached hydrogen (secondary N) is 1. The van der Waals surface area contributed by atoms with Crippen LogP contribution in [0.15, 0.2) is 6.33 Å². The summed E-state index contributed by atoms with van der Waals surface area (Å²) in [4.78, 5) is 26.3. The number of methoxy groups -OCH3 is 1. The second-order valence-electron chi connectivity index (χ2n) is 3.37. The van der Waals surface area contributed by atoms with Crippen LogP contribution in [0.3, 0.4) is 0 Å². The lowest BCUT2D eigenvalue weighted by molar-refractivity contribution is -0.121. The van der Waals surface area contributed by atoms with Gasteiger partial charge in [-0.3, -0.25) is 4.79 Å². The van der Waals surface area contributed by atoms with Gasteiger partial charge >= 0.3 is 5.97 Å². The molecule has 3 N–H and O–H groups in total. The van der Waals surface area contributed by atoms with Gasteiger partial charge in [0, 0.05) is 19.5 Å². The summed E-state index contributed by atoms with van der Waals surface area (Å²) in [6, 6.07) is 0. The Labute approximate surface area is 99.0 Å². The third kappa shape index (κ3) is 3.20. The van der Waals surface area contributed by atoms with E-state index in [4.69, 9.17) is 5.73 Å². The smallest absolute Gasteiger partial charge is 0.360 e. The summed E-state index contributed by atoms with van der Waals surface area (Å²) < 4.78 is 6.06. The van der Waals surface area contributed by atoms with E-state index in [9.17, 15) is 9.59 Å². The van der Waals surface area contributed by atoms with Crippen molar-refractivity contribution in [3.63, 3.8) is 0 Å². The number of aryl methyl sites for hydroxylation is 1. The van der Waals surface area contributed by atoms with Crippen LogP contribution in [0.25, 0.3) is 0 Å². The molecule has 0 spiro atoms. The second-order valence-corrected chi connectivity index (χ2v) is 3.37. The maximum atomic E-state index is 11.2. The highest BCUT2D eigenvalue weighted by atomic mass is 16.5. The molecule has 1 rings (SSSR count). The minimum absolute atomic E-state index is 0.0692. The number of hydrogen-bond acceptors (Lipinski definition) is 5. The van der Waals surface area contributed by atoms with Gasteiger partial charge in [0.2, 0.25) is 5.91 Å². The summed E-state index contributed by atoms with van der Waals surface area (Å²) >= 11 is 0. The molecule has 7 heteroatoms. The molecular formula is C10H16N4O3. The van der Waals surface area contributed by atoms with Crippen LogP contribution in [0.2, 0.25) is 0 Å². The molecular weight excluding hydrogens is 224 g/mol. The van der Waals surface area contributed by atoms with Gasteiger partial charge in [-0.05, 0) is 6.92 Å². The van der Waals surface area contributed by atoms with Gasteiger partial charge in [-0.1, -0.05) is 0 Å². The lowest BCUT2D eigenvalue weighted by Gasteiger charge is -2.05. The molecule has 94 valence electrons. The average Bonchev–Trinajstić information content (AvgIpc) is 2.67. The van der Waals surface area contributed by atoms with Gasteiger partial charge in [0.25, 0.3) is 0 Å². The van der Waals surface area contributed by atoms with E-state index in [0.717, 1.165) is 0 Å². The first-order chi connectivity index (χ1) is 8.10. The largest absolute Gasteiger partial charge is 0.464 e. The van der Waals surface area contributed by atoms with Gasteiger partial charge in [0.1, 0.15) is 5.82 Å². The number of anilines is 1. The first-order valence-electron chi connectivity index (χ1n) is 5.25. The Morgan fingerprint density at radius 3 is 2.88 bits per heavy atom. The Balaban J connectivity index is 2.64. The number of nitrogens with zero attached hydrogens (tertiary/aromatic N) is 2. The van der Waals surface area contributed by atoms with Crippen LogP contribution in [-0.2, 0) is 16.1 Å². The number of aromatic nitrogens is 2. The van der Waals surface area contributed by atoms with Crippen LogP contribution in [0.1, 0.15) is 23.8 Å². The molecule has 0 aromatic carbocycles. The van der Waals surface area contributed by atoms with Crippen LogP contribution >= 0.6 is 0 Å². The van der Waals surface area contributed by atoms with Crippen LogP contribution in [0.4, 0.5) is 5.82 Å². The minimum atomic E-state index is -0.584. The van der Waals surface area contributed by atoms with Crippen molar-refractivity contribution in [2.45, 2.75) is 19.9 Å². The Morgan fingerprint density at radius 1 is 1.59 bits per heavy atom. The first-order valence-corrected chi connectivity index (χ1v) is 5.25. The number of carbonyl (C=O) groups excluding carboxylic acids is 2. The predicted molar refractivity (Wildman–Crippen MR) is 61.3 cm³/mol. The van der Waals surface area contributed by atoms with Crippen molar-refractivity contribution < 1.29 is 14.3 Å². The average molecular weight is 240 g/mol. The fourth-order valence-corrected chi connectivity index (χ4v) is 1.33. The number of amides is 1. The lowest BCUT2D eigenvalue weighted by atomic mass is 10.3. The summed E-state index contributed by atoms with van der Waals surface area (Å²) in [5, 5.41) is 2.67. The van der Waals surface area contributed by atoms with Crippen molar-refractivity contribution >= 4 is 17.7 Å². The summed E-state index contributed by atoms with van der Waals surface area (Å²) in [6.07, 6.45) is 1.70. The topological polar surface area (TPSA) is 99.2 Å². The van der Waals surface area contributed by atoms with Gasteiger partial charge in [-0.25, -0.2) is 9.78 Å². The number of nitrogens with two attached hydrogens (primary N) is 1. The highest BCUT2D eigenvalue weighted by molar-refractivity contribution is 5.92. The van der Waals surface area contributed by atoms with Crippen molar-refractivity contribution in [3.8, 4) is 0 Å². The molecule has 0 saturated carbocycles. The third-order valence-corrected chi connectivity index (χ3v) is 2.21. The van der Waals surface area contributed by atoms with E-state index in [-0.39, 0.29) is 23.8 Å². The standard InChI is InChI=1S/C10H16N4O3/c1-3-12-7(15)4-5-14-6-13-8(9(14)11)10(16)17-2/h6H,3-5,11H2,1-2H3,(H,12,15). The molecule has 1 aromatic rings. The first kappa shape index (κ1) is 13.0. The third-order valence-electron chi connectivity index (χ3n) is 2.21. The monoisotopic (exact) mass is 240 g/mol. The molecule has 0 radical (unpaired) electrons. The fourth-order valence-electron chi connectivity index (χ4n) is 1.33. The summed E-state index contributed by atoms with van der Waals surface area (Å²) in [7, 11) is 1.26. The molecule has 0 aliphatic heterocycles. The van der Waals surface area contributed by atoms with Crippen LogP contribution in [-0.4, -0.2) is 35.1 Å². The maximum Gasteiger partial charge on any atom is 0.360 e. The molecule has 0 unspecified atom stereocenters. The van der Waals surface area contributed by atoms with Gasteiger partial charge in [0.15, 0.2) is 5.69 Å². The van der Waals surface area contributed by atoms with E-state index in [1.165, 1.54) is 13.4 Å². The molecule has 0 aliphatic carbocycles. The zero-order chi connectivity index (χ0) is 12.8. The van der Waals surface area contributed by atoms with Crippen LogP contribution in [0, 0.1) is 0 Å². The summed E-state index contributed by atoms with van der Waals surface area (Å²) in [5.74, 6) is -0.444. The normalized spacial score (nSPS) is 10.0. The quantitative estimate of drug-likeness (QED) is 0.693. The van der Waals surface area contributed by atoms with E-state index in [2.05, 4.69) is 15.0 Å². The van der Waals surface area contributed by atoms with Gasteiger partial charge < -0.3 is 20.4 Å². The Bertz CT molecular complexity index is 414. The molecule has 0 fully saturated rings. The van der Waals surface area contributed by atoms with Crippen molar-refractivity contribution in [1.29, 1.82) is 0 Å². The predicted octanol–water partition coefficient (Wildman–Crippen LogP) is -0.222. The number of esters is 1. The zero-order valence-corrected chi connectivity index (χ0v) is 9.90. The summed E-state index contributed by atoms with van der Waals surface area (Å²) in [5.41, 5.74) is 5.78. The Morgan fingerprint density at radius 2 is 2.29 bits per heavy atom. The fraction of sp³-hybridized carbons (Fsp3) is 0.500. The van der Waals surface area contributed by atoms with Crippen molar-refractivity contribution in [1.82, 2.24) is 14.9 Å². The number of imidazole rings is 1. The number of rotatable bonds is 5. The Hall–Kier alpha value is -2.05. The second kappa shape index (κ2) is 5.88.